The van der Waals surface area contributed by atoms with Gasteiger partial charge in [0, 0.05) is 0 Å². The van der Waals surface area contributed by atoms with Crippen molar-refractivity contribution >= 4 is 35.2 Å². The van der Waals surface area contributed by atoms with Gasteiger partial charge in [-0.25, -0.2) is 0 Å². The maximum absolute atomic E-state index is 9.92. The molecule has 0 saturated carbocycles. The first-order valence-corrected chi connectivity index (χ1v) is 5.47. The van der Waals surface area contributed by atoms with Gasteiger partial charge in [0.1, 0.15) is 0 Å². The fourth-order valence-electron chi connectivity index (χ4n) is 0.661. The molecule has 0 unspecified atom stereocenters. The molecule has 0 aliphatic carbocycles. The second kappa shape index (κ2) is 4.95. The number of thiazole rings is 1. The number of halogens is 1. The molecule has 0 radical (unpaired) electrons. The van der Waals surface area contributed by atoms with Crippen molar-refractivity contribution in [2.45, 2.75) is 13.5 Å². The molecule has 0 aliphatic heterocycles. The third-order valence-electron chi connectivity index (χ3n) is 1.07. The van der Waals surface area contributed by atoms with Crippen molar-refractivity contribution in [3.8, 4) is 5.81 Å². The summed E-state index contributed by atoms with van der Waals surface area (Å²) in [5, 5.41) is 0.972. The normalized spacial score (nSPS) is 9.50. The molecular formula is C6H5BrNO2PS. The van der Waals surface area contributed by atoms with Crippen LogP contribution in [0.2, 0.25) is 0 Å². The summed E-state index contributed by atoms with van der Waals surface area (Å²) < 4.78 is 15.7. The topological polar surface area (TPSA) is 39.2 Å². The number of aryl methyl sites for hydroxylation is 1. The maximum atomic E-state index is 9.92. The average molecular weight is 266 g/mol. The summed E-state index contributed by atoms with van der Waals surface area (Å²) in [6.07, 6.45) is 0. The first-order valence-electron chi connectivity index (χ1n) is 3.05. The van der Waals surface area contributed by atoms with E-state index in [2.05, 4.69) is 26.7 Å². The Morgan fingerprint density at radius 3 is 3.08 bits per heavy atom. The van der Waals surface area contributed by atoms with Gasteiger partial charge in [-0.2, -0.15) is 0 Å². The standard InChI is InChI=1S/C6H5BrNO2PS/c1-4-8-5(6(7)12-4)2-10-3-11-9/h2H2,1H3. The van der Waals surface area contributed by atoms with Gasteiger partial charge >= 0.3 is 83.3 Å². The van der Waals surface area contributed by atoms with Crippen LogP contribution in [-0.2, 0) is 15.9 Å². The second-order valence-corrected chi connectivity index (χ2v) is 4.81. The van der Waals surface area contributed by atoms with E-state index in [4.69, 9.17) is 4.74 Å². The molecule has 1 aromatic heterocycles. The summed E-state index contributed by atoms with van der Waals surface area (Å²) in [6.45, 7) is 2.22. The zero-order valence-corrected chi connectivity index (χ0v) is 9.50. The van der Waals surface area contributed by atoms with E-state index in [9.17, 15) is 4.57 Å². The van der Waals surface area contributed by atoms with Gasteiger partial charge in [-0.05, 0) is 0 Å². The second-order valence-electron chi connectivity index (χ2n) is 1.92. The number of aromatic nitrogens is 1. The van der Waals surface area contributed by atoms with Gasteiger partial charge < -0.3 is 0 Å². The fourth-order valence-corrected chi connectivity index (χ4v) is 2.32. The van der Waals surface area contributed by atoms with Crippen molar-refractivity contribution in [3.05, 3.63) is 14.5 Å². The molecule has 6 heteroatoms. The van der Waals surface area contributed by atoms with Crippen LogP contribution in [0.15, 0.2) is 3.79 Å². The Bertz CT molecular complexity index is 372. The summed E-state index contributed by atoms with van der Waals surface area (Å²) in [6, 6.07) is 0. The van der Waals surface area contributed by atoms with Crippen molar-refractivity contribution in [2.75, 3.05) is 0 Å². The van der Waals surface area contributed by atoms with Crippen LogP contribution in [0.4, 0.5) is 0 Å². The van der Waals surface area contributed by atoms with Gasteiger partial charge in [0.05, 0.1) is 0 Å². The van der Waals surface area contributed by atoms with Crippen molar-refractivity contribution in [2.24, 2.45) is 0 Å². The Labute approximate surface area is 83.4 Å². The van der Waals surface area contributed by atoms with Gasteiger partial charge in [0.2, 0.25) is 0 Å². The predicted molar refractivity (Wildman–Crippen MR) is 50.8 cm³/mol. The Balaban J connectivity index is 2.66. The predicted octanol–water partition coefficient (Wildman–Crippen LogP) is 2.94. The Morgan fingerprint density at radius 1 is 1.83 bits per heavy atom. The van der Waals surface area contributed by atoms with E-state index < -0.39 is 0 Å². The Morgan fingerprint density at radius 2 is 2.58 bits per heavy atom. The van der Waals surface area contributed by atoms with E-state index in [-0.39, 0.29) is 7.92 Å². The molecule has 0 aliphatic rings. The molecular weight excluding hydrogens is 261 g/mol. The van der Waals surface area contributed by atoms with E-state index in [1.54, 1.807) is 11.3 Å². The number of nitrogens with zero attached hydrogens (tertiary/aromatic N) is 1. The Kier molecular flexibility index (Phi) is 4.19. The molecule has 0 fully saturated rings. The molecule has 0 atom stereocenters. The summed E-state index contributed by atoms with van der Waals surface area (Å²) in [5.74, 6) is 2.19. The van der Waals surface area contributed by atoms with E-state index in [0.29, 0.717) is 6.61 Å². The molecule has 1 aromatic rings. The van der Waals surface area contributed by atoms with E-state index in [1.807, 2.05) is 6.92 Å². The van der Waals surface area contributed by atoms with Crippen LogP contribution in [0.5, 0.6) is 0 Å². The molecule has 0 aromatic carbocycles. The van der Waals surface area contributed by atoms with Crippen LogP contribution in [-0.4, -0.2) is 4.98 Å². The molecule has 0 N–H and O–H groups in total. The molecule has 12 heavy (non-hydrogen) atoms. The molecule has 1 heterocycles. The van der Waals surface area contributed by atoms with Crippen molar-refractivity contribution < 1.29 is 9.30 Å². The van der Waals surface area contributed by atoms with Gasteiger partial charge in [-0.1, -0.05) is 0 Å². The molecule has 0 spiro atoms. The van der Waals surface area contributed by atoms with Crippen LogP contribution < -0.4 is 0 Å². The first kappa shape index (κ1) is 10.2. The van der Waals surface area contributed by atoms with Crippen LogP contribution in [0.3, 0.4) is 0 Å². The van der Waals surface area contributed by atoms with Crippen molar-refractivity contribution in [1.29, 1.82) is 0 Å². The third kappa shape index (κ3) is 2.85. The van der Waals surface area contributed by atoms with Crippen LogP contribution >= 0.6 is 35.2 Å². The quantitative estimate of drug-likeness (QED) is 0.772. The minimum atomic E-state index is -0.239. The van der Waals surface area contributed by atoms with E-state index >= 15 is 0 Å². The van der Waals surface area contributed by atoms with Gasteiger partial charge in [0.25, 0.3) is 0 Å². The molecule has 3 nitrogen and oxygen atoms in total. The monoisotopic (exact) mass is 265 g/mol. The molecule has 64 valence electrons. The first-order chi connectivity index (χ1) is 5.74. The molecule has 0 bridgehead atoms. The van der Waals surface area contributed by atoms with Gasteiger partial charge in [0.15, 0.2) is 0 Å². The zero-order chi connectivity index (χ0) is 8.97. The number of hydrogen-bond donors (Lipinski definition) is 0. The van der Waals surface area contributed by atoms with Crippen LogP contribution in [0.1, 0.15) is 10.7 Å². The molecule has 0 amide bonds. The van der Waals surface area contributed by atoms with Crippen LogP contribution in [0.25, 0.3) is 0 Å². The minimum absolute atomic E-state index is 0.239. The van der Waals surface area contributed by atoms with Crippen molar-refractivity contribution in [1.82, 2.24) is 4.98 Å². The van der Waals surface area contributed by atoms with E-state index in [0.717, 1.165) is 14.5 Å². The molecule has 1 rings (SSSR count). The number of ether oxygens (including phenoxy) is 1. The summed E-state index contributed by atoms with van der Waals surface area (Å²) >= 11 is 4.88. The summed E-state index contributed by atoms with van der Waals surface area (Å²) in [4.78, 5) is 4.18. The van der Waals surface area contributed by atoms with E-state index in [1.165, 1.54) is 0 Å². The van der Waals surface area contributed by atoms with Crippen molar-refractivity contribution in [3.63, 3.8) is 0 Å². The molecule has 0 saturated heterocycles. The number of hydrogen-bond acceptors (Lipinski definition) is 4. The van der Waals surface area contributed by atoms with Gasteiger partial charge in [-0.15, -0.1) is 0 Å². The average Bonchev–Trinajstić information content (AvgIpc) is 2.31. The number of rotatable bonds is 2. The Hall–Kier alpha value is 0.0800. The zero-order valence-electron chi connectivity index (χ0n) is 6.20. The summed E-state index contributed by atoms with van der Waals surface area (Å²) in [5.41, 5.74) is 0.814. The van der Waals surface area contributed by atoms with Crippen LogP contribution in [0, 0.1) is 12.7 Å². The third-order valence-corrected chi connectivity index (χ3v) is 3.02. The summed E-state index contributed by atoms with van der Waals surface area (Å²) in [7, 11) is -0.239. The fraction of sp³-hybridized carbons (Fsp3) is 0.333. The SMILES string of the molecule is Cc1nc(COC#P=O)c(Br)s1. The van der Waals surface area contributed by atoms with Gasteiger partial charge in [-0.3, -0.25) is 0 Å².